The molecule has 0 aromatic heterocycles. The van der Waals surface area contributed by atoms with E-state index in [0.29, 0.717) is 12.0 Å². The Kier molecular flexibility index (Phi) is 3.61. The zero-order valence-corrected chi connectivity index (χ0v) is 8.91. The molecule has 0 saturated heterocycles. The lowest BCUT2D eigenvalue weighted by Crippen LogP contribution is -2.15. The van der Waals surface area contributed by atoms with E-state index in [2.05, 4.69) is 0 Å². The number of carbonyl (C=O) groups is 2. The second-order valence-corrected chi connectivity index (χ2v) is 3.33. The van der Waals surface area contributed by atoms with Crippen molar-refractivity contribution in [2.24, 2.45) is 0 Å². The molecule has 0 aliphatic rings. The molecule has 80 valence electrons. The Balaban J connectivity index is 3.18. The number of hydrogen-bond acceptors (Lipinski definition) is 2. The maximum Gasteiger partial charge on any atom is 0.377 e. The summed E-state index contributed by atoms with van der Waals surface area (Å²) < 4.78 is 0. The smallest absolute Gasteiger partial charge is 0.377 e. The van der Waals surface area contributed by atoms with Crippen LogP contribution in [0.3, 0.4) is 0 Å². The molecule has 0 saturated carbocycles. The normalized spacial score (nSPS) is 10.0. The van der Waals surface area contributed by atoms with Gasteiger partial charge in [0.2, 0.25) is 0 Å². The Bertz CT molecular complexity index is 394. The van der Waals surface area contributed by atoms with Gasteiger partial charge in [0.15, 0.2) is 0 Å². The van der Waals surface area contributed by atoms with Crippen LogP contribution in [0.4, 0.5) is 0 Å². The molecule has 15 heavy (non-hydrogen) atoms. The molecule has 0 fully saturated rings. The molecule has 1 N–H and O–H groups in total. The lowest BCUT2D eigenvalue weighted by atomic mass is 9.98. The summed E-state index contributed by atoms with van der Waals surface area (Å²) in [4.78, 5) is 21.9. The molecule has 0 atom stereocenters. The average Bonchev–Trinajstić information content (AvgIpc) is 2.27. The van der Waals surface area contributed by atoms with Gasteiger partial charge in [-0.25, -0.2) is 4.79 Å². The third-order valence-electron chi connectivity index (χ3n) is 2.40. The van der Waals surface area contributed by atoms with E-state index in [1.54, 1.807) is 12.1 Å². The zero-order valence-electron chi connectivity index (χ0n) is 8.91. The molecule has 0 unspecified atom stereocenters. The first kappa shape index (κ1) is 11.4. The molecular weight excluding hydrogens is 192 g/mol. The number of hydrogen-bond donors (Lipinski definition) is 1. The number of aliphatic carboxylic acids is 1. The SMILES string of the molecule is CCc1ccc(C(=O)C(=O)O)c(CC)c1. The van der Waals surface area contributed by atoms with Gasteiger partial charge in [0.25, 0.3) is 5.78 Å². The lowest BCUT2D eigenvalue weighted by molar-refractivity contribution is -0.131. The predicted octanol–water partition coefficient (Wildman–Crippen LogP) is 2.08. The first-order chi connectivity index (χ1) is 7.10. The highest BCUT2D eigenvalue weighted by molar-refractivity contribution is 6.40. The summed E-state index contributed by atoms with van der Waals surface area (Å²) in [5.74, 6) is -2.22. The summed E-state index contributed by atoms with van der Waals surface area (Å²) in [5.41, 5.74) is 2.23. The highest BCUT2D eigenvalue weighted by atomic mass is 16.4. The summed E-state index contributed by atoms with van der Waals surface area (Å²) in [6.07, 6.45) is 1.55. The Morgan fingerprint density at radius 2 is 1.87 bits per heavy atom. The number of benzene rings is 1. The average molecular weight is 206 g/mol. The maximum absolute atomic E-state index is 11.3. The van der Waals surface area contributed by atoms with Crippen LogP contribution >= 0.6 is 0 Å². The molecule has 0 aliphatic carbocycles. The van der Waals surface area contributed by atoms with Crippen molar-refractivity contribution in [1.29, 1.82) is 0 Å². The lowest BCUT2D eigenvalue weighted by Gasteiger charge is -2.06. The molecule has 0 heterocycles. The van der Waals surface area contributed by atoms with Crippen molar-refractivity contribution < 1.29 is 14.7 Å². The topological polar surface area (TPSA) is 54.4 Å². The van der Waals surface area contributed by atoms with E-state index in [1.165, 1.54) is 0 Å². The second kappa shape index (κ2) is 4.73. The number of carboxylic acids is 1. The van der Waals surface area contributed by atoms with Gasteiger partial charge in [-0.2, -0.15) is 0 Å². The minimum Gasteiger partial charge on any atom is -0.475 e. The molecule has 1 rings (SSSR count). The molecule has 0 spiro atoms. The van der Waals surface area contributed by atoms with Crippen LogP contribution in [-0.4, -0.2) is 16.9 Å². The highest BCUT2D eigenvalue weighted by Crippen LogP contribution is 2.14. The number of rotatable bonds is 4. The van der Waals surface area contributed by atoms with E-state index in [1.807, 2.05) is 19.9 Å². The number of carbonyl (C=O) groups excluding carboxylic acids is 1. The molecular formula is C12H14O3. The summed E-state index contributed by atoms with van der Waals surface area (Å²) >= 11 is 0. The van der Waals surface area contributed by atoms with Crippen LogP contribution in [0.1, 0.15) is 35.3 Å². The van der Waals surface area contributed by atoms with Crippen molar-refractivity contribution >= 4 is 11.8 Å². The Morgan fingerprint density at radius 3 is 2.33 bits per heavy atom. The fourth-order valence-electron chi connectivity index (χ4n) is 1.50. The van der Waals surface area contributed by atoms with Crippen LogP contribution in [-0.2, 0) is 17.6 Å². The largest absolute Gasteiger partial charge is 0.475 e. The van der Waals surface area contributed by atoms with Gasteiger partial charge >= 0.3 is 5.97 Å². The van der Waals surface area contributed by atoms with Gasteiger partial charge in [-0.15, -0.1) is 0 Å². The molecule has 0 aliphatic heterocycles. The van der Waals surface area contributed by atoms with Crippen molar-refractivity contribution in [3.63, 3.8) is 0 Å². The number of Topliss-reactive ketones (excluding diaryl/α,β-unsaturated/α-hetero) is 1. The maximum atomic E-state index is 11.3. The molecule has 1 aromatic rings. The van der Waals surface area contributed by atoms with Gasteiger partial charge in [0, 0.05) is 5.56 Å². The fraction of sp³-hybridized carbons (Fsp3) is 0.333. The van der Waals surface area contributed by atoms with Crippen molar-refractivity contribution in [2.45, 2.75) is 26.7 Å². The predicted molar refractivity (Wildman–Crippen MR) is 57.2 cm³/mol. The standard InChI is InChI=1S/C12H14O3/c1-3-8-5-6-10(9(4-2)7-8)11(13)12(14)15/h5-7H,3-4H2,1-2H3,(H,14,15). The fourth-order valence-corrected chi connectivity index (χ4v) is 1.50. The van der Waals surface area contributed by atoms with Crippen LogP contribution in [0.5, 0.6) is 0 Å². The molecule has 0 amide bonds. The number of aryl methyl sites for hydroxylation is 2. The molecule has 3 heteroatoms. The van der Waals surface area contributed by atoms with Crippen LogP contribution in [0.2, 0.25) is 0 Å². The first-order valence-electron chi connectivity index (χ1n) is 4.99. The van der Waals surface area contributed by atoms with Gasteiger partial charge in [-0.1, -0.05) is 32.0 Å². The highest BCUT2D eigenvalue weighted by Gasteiger charge is 2.17. The van der Waals surface area contributed by atoms with Crippen molar-refractivity contribution in [3.8, 4) is 0 Å². The Labute approximate surface area is 88.7 Å². The zero-order chi connectivity index (χ0) is 11.4. The van der Waals surface area contributed by atoms with E-state index in [-0.39, 0.29) is 0 Å². The van der Waals surface area contributed by atoms with Gasteiger partial charge in [-0.05, 0) is 24.0 Å². The minimum atomic E-state index is -1.39. The van der Waals surface area contributed by atoms with Crippen LogP contribution < -0.4 is 0 Å². The summed E-state index contributed by atoms with van der Waals surface area (Å²) in [7, 11) is 0. The van der Waals surface area contributed by atoms with E-state index < -0.39 is 11.8 Å². The number of carboxylic acid groups (broad SMARTS) is 1. The molecule has 0 radical (unpaired) electrons. The van der Waals surface area contributed by atoms with Gasteiger partial charge in [0.05, 0.1) is 0 Å². The quantitative estimate of drug-likeness (QED) is 0.606. The van der Waals surface area contributed by atoms with Crippen molar-refractivity contribution in [1.82, 2.24) is 0 Å². The van der Waals surface area contributed by atoms with E-state index >= 15 is 0 Å². The third kappa shape index (κ3) is 2.43. The second-order valence-electron chi connectivity index (χ2n) is 3.33. The van der Waals surface area contributed by atoms with Crippen LogP contribution in [0.15, 0.2) is 18.2 Å². The molecule has 0 bridgehead atoms. The monoisotopic (exact) mass is 206 g/mol. The van der Waals surface area contributed by atoms with Crippen LogP contribution in [0, 0.1) is 0 Å². The van der Waals surface area contributed by atoms with Crippen molar-refractivity contribution in [3.05, 3.63) is 34.9 Å². The third-order valence-corrected chi connectivity index (χ3v) is 2.40. The summed E-state index contributed by atoms with van der Waals surface area (Å²) in [6, 6.07) is 5.31. The van der Waals surface area contributed by atoms with E-state index in [0.717, 1.165) is 17.5 Å². The summed E-state index contributed by atoms with van der Waals surface area (Å²) in [6.45, 7) is 3.93. The molecule has 1 aromatic carbocycles. The van der Waals surface area contributed by atoms with Gasteiger partial charge < -0.3 is 5.11 Å². The van der Waals surface area contributed by atoms with Gasteiger partial charge in [0.1, 0.15) is 0 Å². The first-order valence-corrected chi connectivity index (χ1v) is 4.99. The Hall–Kier alpha value is -1.64. The summed E-state index contributed by atoms with van der Waals surface area (Å²) in [5, 5.41) is 8.63. The van der Waals surface area contributed by atoms with Crippen LogP contribution in [0.25, 0.3) is 0 Å². The molecule has 3 nitrogen and oxygen atoms in total. The minimum absolute atomic E-state index is 0.308. The Morgan fingerprint density at radius 1 is 1.20 bits per heavy atom. The number of ketones is 1. The van der Waals surface area contributed by atoms with Gasteiger partial charge in [-0.3, -0.25) is 4.79 Å². The van der Waals surface area contributed by atoms with E-state index in [9.17, 15) is 9.59 Å². The van der Waals surface area contributed by atoms with Crippen molar-refractivity contribution in [2.75, 3.05) is 0 Å². The van der Waals surface area contributed by atoms with E-state index in [4.69, 9.17) is 5.11 Å².